The Hall–Kier alpha value is -4.07. The third-order valence-corrected chi connectivity index (χ3v) is 5.78. The van der Waals surface area contributed by atoms with Crippen LogP contribution in [0.5, 0.6) is 0 Å². The molecule has 0 aliphatic rings. The van der Waals surface area contributed by atoms with E-state index < -0.39 is 30.4 Å². The maximum Gasteiger partial charge on any atom is 0.408 e. The standard InChI is InChI=1S/C26H29N3O5/c1-27-25(31)34-23(17-18-9-5-4-6-10-18)29(3)24(30)22(28(2)26(32)33)16-19-13-14-20-11-7-8-12-21(20)15-19/h4-15,22-23H,16-17H2,1-3H3,(H,27,31)(H,32,33). The van der Waals surface area contributed by atoms with Crippen molar-refractivity contribution in [3.05, 3.63) is 83.9 Å². The minimum Gasteiger partial charge on any atom is -0.465 e. The predicted octanol–water partition coefficient (Wildman–Crippen LogP) is 3.74. The zero-order valence-corrected chi connectivity index (χ0v) is 19.5. The minimum atomic E-state index is -1.22. The van der Waals surface area contributed by atoms with Gasteiger partial charge in [-0.05, 0) is 21.9 Å². The van der Waals surface area contributed by atoms with E-state index in [2.05, 4.69) is 5.32 Å². The van der Waals surface area contributed by atoms with Crippen molar-refractivity contribution >= 4 is 28.9 Å². The van der Waals surface area contributed by atoms with Crippen LogP contribution in [0.25, 0.3) is 10.8 Å². The minimum absolute atomic E-state index is 0.175. The summed E-state index contributed by atoms with van der Waals surface area (Å²) in [7, 11) is 4.32. The van der Waals surface area contributed by atoms with Crippen LogP contribution in [-0.2, 0) is 22.4 Å². The summed E-state index contributed by atoms with van der Waals surface area (Å²) in [6.07, 6.45) is -2.39. The fourth-order valence-corrected chi connectivity index (χ4v) is 3.75. The highest BCUT2D eigenvalue weighted by Gasteiger charge is 2.34. The van der Waals surface area contributed by atoms with E-state index >= 15 is 0 Å². The van der Waals surface area contributed by atoms with Gasteiger partial charge in [-0.25, -0.2) is 9.59 Å². The van der Waals surface area contributed by atoms with Gasteiger partial charge in [-0.15, -0.1) is 0 Å². The second kappa shape index (κ2) is 11.2. The van der Waals surface area contributed by atoms with Gasteiger partial charge in [-0.2, -0.15) is 0 Å². The molecule has 178 valence electrons. The van der Waals surface area contributed by atoms with Crippen LogP contribution in [0.2, 0.25) is 0 Å². The molecule has 2 N–H and O–H groups in total. The first kappa shape index (κ1) is 24.6. The summed E-state index contributed by atoms with van der Waals surface area (Å²) in [6.45, 7) is 0. The molecule has 3 amide bonds. The Labute approximate surface area is 198 Å². The number of benzene rings is 3. The number of rotatable bonds is 8. The van der Waals surface area contributed by atoms with Crippen LogP contribution in [0.1, 0.15) is 11.1 Å². The molecule has 0 spiro atoms. The lowest BCUT2D eigenvalue weighted by atomic mass is 10.00. The lowest BCUT2D eigenvalue weighted by Crippen LogP contribution is -2.53. The van der Waals surface area contributed by atoms with E-state index in [4.69, 9.17) is 4.74 Å². The van der Waals surface area contributed by atoms with E-state index in [0.29, 0.717) is 0 Å². The highest BCUT2D eigenvalue weighted by atomic mass is 16.6. The fraction of sp³-hybridized carbons (Fsp3) is 0.269. The van der Waals surface area contributed by atoms with Gasteiger partial charge in [0.25, 0.3) is 0 Å². The van der Waals surface area contributed by atoms with E-state index in [1.54, 1.807) is 0 Å². The van der Waals surface area contributed by atoms with Gasteiger partial charge < -0.3 is 20.1 Å². The van der Waals surface area contributed by atoms with Gasteiger partial charge in [0.1, 0.15) is 6.04 Å². The molecule has 0 heterocycles. The number of likely N-dealkylation sites (N-methyl/N-ethyl adjacent to an activating group) is 2. The zero-order chi connectivity index (χ0) is 24.7. The van der Waals surface area contributed by atoms with Gasteiger partial charge in [0, 0.05) is 34.0 Å². The van der Waals surface area contributed by atoms with Crippen LogP contribution < -0.4 is 5.32 Å². The number of nitrogens with one attached hydrogen (secondary N) is 1. The molecule has 0 aliphatic carbocycles. The van der Waals surface area contributed by atoms with E-state index in [0.717, 1.165) is 26.8 Å². The molecule has 0 radical (unpaired) electrons. The van der Waals surface area contributed by atoms with Gasteiger partial charge in [-0.1, -0.05) is 72.8 Å². The first-order valence-corrected chi connectivity index (χ1v) is 10.9. The highest BCUT2D eigenvalue weighted by Crippen LogP contribution is 2.20. The molecule has 0 saturated heterocycles. The van der Waals surface area contributed by atoms with Crippen LogP contribution in [0.3, 0.4) is 0 Å². The first-order chi connectivity index (χ1) is 16.3. The summed E-state index contributed by atoms with van der Waals surface area (Å²) in [6, 6.07) is 21.9. The average Bonchev–Trinajstić information content (AvgIpc) is 2.86. The number of fused-ring (bicyclic) bond motifs is 1. The molecule has 0 aliphatic heterocycles. The van der Waals surface area contributed by atoms with E-state index in [-0.39, 0.29) is 12.8 Å². The number of carboxylic acid groups (broad SMARTS) is 1. The van der Waals surface area contributed by atoms with Crippen LogP contribution in [0.4, 0.5) is 9.59 Å². The molecule has 3 aromatic rings. The fourth-order valence-electron chi connectivity index (χ4n) is 3.75. The number of alkyl carbamates (subject to hydrolysis) is 1. The van der Waals surface area contributed by atoms with Crippen molar-refractivity contribution in [3.8, 4) is 0 Å². The monoisotopic (exact) mass is 463 g/mol. The number of carbonyl (C=O) groups excluding carboxylic acids is 2. The molecule has 3 aromatic carbocycles. The molecule has 2 atom stereocenters. The highest BCUT2D eigenvalue weighted by molar-refractivity contribution is 5.87. The molecule has 0 saturated carbocycles. The zero-order valence-electron chi connectivity index (χ0n) is 19.5. The summed E-state index contributed by atoms with van der Waals surface area (Å²) in [4.78, 5) is 39.7. The lowest BCUT2D eigenvalue weighted by molar-refractivity contribution is -0.143. The van der Waals surface area contributed by atoms with Crippen LogP contribution in [0, 0.1) is 0 Å². The van der Waals surface area contributed by atoms with Crippen molar-refractivity contribution in [3.63, 3.8) is 0 Å². The van der Waals surface area contributed by atoms with Gasteiger partial charge in [0.2, 0.25) is 5.91 Å². The number of amides is 3. The van der Waals surface area contributed by atoms with Crippen molar-refractivity contribution in [2.24, 2.45) is 0 Å². The van der Waals surface area contributed by atoms with E-state index in [1.165, 1.54) is 26.0 Å². The summed E-state index contributed by atoms with van der Waals surface area (Å²) < 4.78 is 5.47. The van der Waals surface area contributed by atoms with Crippen molar-refractivity contribution in [2.45, 2.75) is 25.1 Å². The largest absolute Gasteiger partial charge is 0.465 e. The van der Waals surface area contributed by atoms with Gasteiger partial charge in [-0.3, -0.25) is 9.69 Å². The van der Waals surface area contributed by atoms with Gasteiger partial charge >= 0.3 is 12.2 Å². The lowest BCUT2D eigenvalue weighted by Gasteiger charge is -2.33. The van der Waals surface area contributed by atoms with Crippen LogP contribution in [-0.4, -0.2) is 66.4 Å². The molecule has 0 fully saturated rings. The Balaban J connectivity index is 1.88. The molecule has 0 aromatic heterocycles. The SMILES string of the molecule is CNC(=O)OC(Cc1ccccc1)N(C)C(=O)C(Cc1ccc2ccccc2c1)N(C)C(=O)O. The quantitative estimate of drug-likeness (QED) is 0.496. The Morgan fingerprint density at radius 2 is 1.50 bits per heavy atom. The number of hydrogen-bond donors (Lipinski definition) is 2. The molecule has 0 bridgehead atoms. The maximum absolute atomic E-state index is 13.6. The summed E-state index contributed by atoms with van der Waals surface area (Å²) in [5.74, 6) is -0.470. The molecule has 2 unspecified atom stereocenters. The summed E-state index contributed by atoms with van der Waals surface area (Å²) in [5.41, 5.74) is 1.69. The van der Waals surface area contributed by atoms with Gasteiger partial charge in [0.15, 0.2) is 6.23 Å². The smallest absolute Gasteiger partial charge is 0.408 e. The number of carbonyl (C=O) groups is 3. The third kappa shape index (κ3) is 6.04. The third-order valence-electron chi connectivity index (χ3n) is 5.78. The van der Waals surface area contributed by atoms with Crippen LogP contribution >= 0.6 is 0 Å². The predicted molar refractivity (Wildman–Crippen MR) is 129 cm³/mol. The molecule has 3 rings (SSSR count). The first-order valence-electron chi connectivity index (χ1n) is 10.9. The Kier molecular flexibility index (Phi) is 8.08. The second-order valence-corrected chi connectivity index (χ2v) is 8.04. The van der Waals surface area contributed by atoms with Crippen molar-refractivity contribution in [1.29, 1.82) is 0 Å². The summed E-state index contributed by atoms with van der Waals surface area (Å²) in [5, 5.41) is 14.1. The number of hydrogen-bond acceptors (Lipinski definition) is 4. The van der Waals surface area contributed by atoms with Crippen molar-refractivity contribution in [2.75, 3.05) is 21.1 Å². The number of ether oxygens (including phenoxy) is 1. The number of nitrogens with zero attached hydrogens (tertiary/aromatic N) is 2. The molecule has 8 nitrogen and oxygen atoms in total. The van der Waals surface area contributed by atoms with Crippen LogP contribution in [0.15, 0.2) is 72.8 Å². The summed E-state index contributed by atoms with van der Waals surface area (Å²) >= 11 is 0. The normalized spacial score (nSPS) is 12.4. The molecular formula is C26H29N3O5. The Morgan fingerprint density at radius 3 is 2.15 bits per heavy atom. The topological polar surface area (TPSA) is 99.2 Å². The molecule has 8 heteroatoms. The molecular weight excluding hydrogens is 434 g/mol. The van der Waals surface area contributed by atoms with E-state index in [9.17, 15) is 19.5 Å². The second-order valence-electron chi connectivity index (χ2n) is 8.04. The van der Waals surface area contributed by atoms with Crippen molar-refractivity contribution in [1.82, 2.24) is 15.1 Å². The van der Waals surface area contributed by atoms with Crippen molar-refractivity contribution < 1.29 is 24.2 Å². The molecule has 34 heavy (non-hydrogen) atoms. The van der Waals surface area contributed by atoms with E-state index in [1.807, 2.05) is 72.8 Å². The average molecular weight is 464 g/mol. The maximum atomic E-state index is 13.6. The van der Waals surface area contributed by atoms with Gasteiger partial charge in [0.05, 0.1) is 0 Å². The Morgan fingerprint density at radius 1 is 0.853 bits per heavy atom. The Bertz CT molecular complexity index is 1150.